The van der Waals surface area contributed by atoms with Gasteiger partial charge >= 0.3 is 14.8 Å². The SMILES string of the molecule is CC(C)OBOC(C)C.COc1c(CN2O[C@@H](CO)[C@@H]([C@H](C)O)[C@H]2C(=O)N[C@H]2C[C@H]3C[C@@H]([C@@H]2C)C3(C)C)cccc1B1OC(C)(C)C(C)(C)O1.COc1c(I)cccc1CN1O[C@@H](CO)[C@@H]([C@H](C)O)[C@H]1C(=O)N[C@H]1C[C@H]2C[C@@H]([C@@H]1C)C2(C)C. The monoisotopic (exact) mass is 1270 g/mol. The van der Waals surface area contributed by atoms with Crippen LogP contribution in [0.1, 0.15) is 148 Å². The van der Waals surface area contributed by atoms with Gasteiger partial charge < -0.3 is 59.2 Å². The number of carbonyl (C=O) groups is 2. The number of para-hydroxylation sites is 2. The molecule has 83 heavy (non-hydrogen) atoms. The molecule has 9 fully saturated rings. The van der Waals surface area contributed by atoms with Crippen molar-refractivity contribution in [2.75, 3.05) is 27.4 Å². The number of halogens is 1. The van der Waals surface area contributed by atoms with E-state index in [9.17, 15) is 30.0 Å². The van der Waals surface area contributed by atoms with Crippen molar-refractivity contribution in [2.45, 2.75) is 222 Å². The molecule has 21 heteroatoms. The van der Waals surface area contributed by atoms with Crippen molar-refractivity contribution in [3.8, 4) is 11.5 Å². The lowest BCUT2D eigenvalue weighted by Crippen LogP contribution is -2.62. The Balaban J connectivity index is 0.000000211. The van der Waals surface area contributed by atoms with Gasteiger partial charge in [-0.1, -0.05) is 71.9 Å². The van der Waals surface area contributed by atoms with Gasteiger partial charge in [-0.05, 0) is 170 Å². The van der Waals surface area contributed by atoms with Crippen molar-refractivity contribution >= 4 is 54.7 Å². The van der Waals surface area contributed by atoms with Crippen LogP contribution in [0.25, 0.3) is 0 Å². The maximum atomic E-state index is 14.0. The molecule has 3 aliphatic heterocycles. The quantitative estimate of drug-likeness (QED) is 0.0636. The van der Waals surface area contributed by atoms with Crippen LogP contribution in [0.4, 0.5) is 0 Å². The fourth-order valence-electron chi connectivity index (χ4n) is 14.7. The molecule has 0 spiro atoms. The molecule has 2 aromatic carbocycles. The van der Waals surface area contributed by atoms with Gasteiger partial charge in [0.05, 0.1) is 67.5 Å². The molecule has 3 heterocycles. The number of amides is 2. The molecule has 6 aliphatic carbocycles. The van der Waals surface area contributed by atoms with E-state index in [-0.39, 0.29) is 55.9 Å². The van der Waals surface area contributed by atoms with Gasteiger partial charge in [-0.15, -0.1) is 0 Å². The average molecular weight is 1280 g/mol. The Kier molecular flexibility index (Phi) is 22.4. The number of aliphatic hydroxyl groups is 4. The van der Waals surface area contributed by atoms with Crippen molar-refractivity contribution in [3.05, 3.63) is 51.1 Å². The van der Waals surface area contributed by atoms with Crippen LogP contribution in [0.2, 0.25) is 0 Å². The molecule has 4 bridgehead atoms. The Bertz CT molecular complexity index is 2480. The first-order chi connectivity index (χ1) is 38.8. The summed E-state index contributed by atoms with van der Waals surface area (Å²) >= 11 is 2.22. The van der Waals surface area contributed by atoms with Gasteiger partial charge in [0.2, 0.25) is 11.8 Å². The van der Waals surface area contributed by atoms with Gasteiger partial charge in [0.1, 0.15) is 35.8 Å². The number of hydroxylamine groups is 4. The third kappa shape index (κ3) is 14.3. The fraction of sp³-hybridized carbons (Fsp3) is 0.774. The topological polar surface area (TPSA) is 219 Å². The summed E-state index contributed by atoms with van der Waals surface area (Å²) in [5.74, 6) is 3.09. The predicted octanol–water partition coefficient (Wildman–Crippen LogP) is 6.72. The van der Waals surface area contributed by atoms with E-state index in [2.05, 4.69) is 74.8 Å². The summed E-state index contributed by atoms with van der Waals surface area (Å²) in [4.78, 5) is 39.9. The van der Waals surface area contributed by atoms with Crippen LogP contribution >= 0.6 is 22.6 Å². The summed E-state index contributed by atoms with van der Waals surface area (Å²) in [6, 6.07) is 10.3. The zero-order chi connectivity index (χ0) is 61.4. The average Bonchev–Trinajstić information content (AvgIpc) is 2.61. The summed E-state index contributed by atoms with van der Waals surface area (Å²) in [6.07, 6.45) is 1.92. The fourth-order valence-corrected chi connectivity index (χ4v) is 15.4. The van der Waals surface area contributed by atoms with Gasteiger partial charge in [0, 0.05) is 52.7 Å². The molecule has 2 aromatic rings. The Morgan fingerprint density at radius 2 is 1.06 bits per heavy atom. The second-order valence-electron chi connectivity index (χ2n) is 27.6. The van der Waals surface area contributed by atoms with Gasteiger partial charge in [0.25, 0.3) is 0 Å². The Hall–Kier alpha value is -2.64. The maximum absolute atomic E-state index is 14.0. The molecule has 3 saturated heterocycles. The van der Waals surface area contributed by atoms with E-state index in [0.717, 1.165) is 38.8 Å². The van der Waals surface area contributed by atoms with Crippen molar-refractivity contribution in [1.82, 2.24) is 20.8 Å². The molecule has 0 radical (unpaired) electrons. The van der Waals surface area contributed by atoms with Crippen molar-refractivity contribution < 1.29 is 67.8 Å². The predicted molar refractivity (Wildman–Crippen MR) is 329 cm³/mol. The lowest BCUT2D eigenvalue weighted by atomic mass is 9.45. The highest BCUT2D eigenvalue weighted by Crippen LogP contribution is 2.62. The van der Waals surface area contributed by atoms with Gasteiger partial charge in [-0.3, -0.25) is 19.3 Å². The number of hydrogen-bond donors (Lipinski definition) is 6. The minimum atomic E-state index is -0.859. The van der Waals surface area contributed by atoms with Crippen LogP contribution in [0.15, 0.2) is 36.4 Å². The van der Waals surface area contributed by atoms with E-state index in [1.807, 2.05) is 91.8 Å². The van der Waals surface area contributed by atoms with E-state index in [1.54, 1.807) is 38.2 Å². The highest BCUT2D eigenvalue weighted by Gasteiger charge is 2.60. The molecular weight excluding hydrogens is 1170 g/mol. The largest absolute Gasteiger partial charge is 0.498 e. The zero-order valence-corrected chi connectivity index (χ0v) is 55.1. The number of carbonyl (C=O) groups excluding carboxylic acids is 2. The molecule has 0 aromatic heterocycles. The van der Waals surface area contributed by atoms with E-state index < -0.39 is 66.7 Å². The number of fused-ring (bicyclic) bond motifs is 4. The summed E-state index contributed by atoms with van der Waals surface area (Å²) < 4.78 is 35.3. The van der Waals surface area contributed by atoms with E-state index in [0.29, 0.717) is 66.3 Å². The molecule has 6 saturated carbocycles. The second-order valence-corrected chi connectivity index (χ2v) is 28.7. The Morgan fingerprint density at radius 1 is 0.663 bits per heavy atom. The first kappa shape index (κ1) is 67.9. The number of aliphatic hydroxyl groups excluding tert-OH is 4. The molecule has 2 amide bonds. The van der Waals surface area contributed by atoms with Gasteiger partial charge in [-0.2, -0.15) is 10.1 Å². The molecule has 11 rings (SSSR count). The highest BCUT2D eigenvalue weighted by atomic mass is 127. The summed E-state index contributed by atoms with van der Waals surface area (Å²) in [7, 11) is 3.03. The number of benzene rings is 2. The number of methoxy groups -OCH3 is 2. The first-order valence-corrected chi connectivity index (χ1v) is 31.5. The van der Waals surface area contributed by atoms with Crippen molar-refractivity contribution in [1.29, 1.82) is 0 Å². The van der Waals surface area contributed by atoms with Crippen molar-refractivity contribution in [3.63, 3.8) is 0 Å². The highest BCUT2D eigenvalue weighted by molar-refractivity contribution is 14.1. The van der Waals surface area contributed by atoms with E-state index >= 15 is 0 Å². The maximum Gasteiger partial charge on any atom is 0.498 e. The Labute approximate surface area is 510 Å². The third-order valence-electron chi connectivity index (χ3n) is 20.7. The third-order valence-corrected chi connectivity index (χ3v) is 21.5. The summed E-state index contributed by atoms with van der Waals surface area (Å²) in [5.41, 5.74) is 2.07. The lowest BCUT2D eigenvalue weighted by Gasteiger charge is -2.62. The zero-order valence-electron chi connectivity index (χ0n) is 52.9. The Morgan fingerprint density at radius 3 is 1.41 bits per heavy atom. The first-order valence-electron chi connectivity index (χ1n) is 30.5. The summed E-state index contributed by atoms with van der Waals surface area (Å²) in [5, 5.41) is 51.3. The number of nitrogens with one attached hydrogen (secondary N) is 2. The number of rotatable bonds is 19. The smallest absolute Gasteiger partial charge is 0.497 e. The standard InChI is InChI=1S/C31H49BN2O7.C25H37IN2O5.C6H15BO2/c1-17-21-13-20(29(21,3)4)14-23(17)33-28(37)26-25(18(2)36)24(16-35)39-34(26)15-19-11-10-12-22(27(19)38-9)32-40-30(5,6)31(7,8)41-32;1-13-17-9-16(25(17,3)4)10-19(13)27-24(31)22-21(14(2)30)20(12-29)33-28(22)11-15-7-6-8-18(26)23(15)32-5;1-5(2)8-7-9-6(3)4/h10-12,17-18,20-21,23-26,35-36H,13-16H2,1-9H3,(H,33,37);6-8,13-14,16-17,19-22,29-30H,9-12H2,1-5H3,(H,27,31);5-7H,1-4H3/t17-,18-,20+,21-,23-,24-,25+,26-;13-,14-,16+,17-,19-,20-,21+,22-;/m00./s1. The van der Waals surface area contributed by atoms with Crippen LogP contribution in [-0.2, 0) is 51.0 Å². The summed E-state index contributed by atoms with van der Waals surface area (Å²) in [6.45, 7) is 33.1. The van der Waals surface area contributed by atoms with Gasteiger partial charge in [0.15, 0.2) is 0 Å². The normalized spacial score (nSPS) is 33.4. The molecule has 9 aliphatic rings. The molecule has 16 atom stereocenters. The lowest BCUT2D eigenvalue weighted by molar-refractivity contribution is -0.183. The van der Waals surface area contributed by atoms with Crippen LogP contribution < -0.4 is 25.6 Å². The number of nitrogens with zero attached hydrogens (tertiary/aromatic N) is 2. The van der Waals surface area contributed by atoms with E-state index in [4.69, 9.17) is 37.8 Å². The van der Waals surface area contributed by atoms with Crippen LogP contribution in [-0.4, -0.2) is 157 Å². The number of hydrogen-bond acceptors (Lipinski definition) is 16. The molecule has 18 nitrogen and oxygen atoms in total. The second kappa shape index (κ2) is 27.4. The van der Waals surface area contributed by atoms with E-state index in [1.165, 1.54) is 12.8 Å². The van der Waals surface area contributed by atoms with Crippen LogP contribution in [0.5, 0.6) is 11.5 Å². The minimum Gasteiger partial charge on any atom is -0.497 e. The molecule has 6 N–H and O–H groups in total. The van der Waals surface area contributed by atoms with Crippen LogP contribution in [0.3, 0.4) is 0 Å². The minimum absolute atomic E-state index is 0.0742. The van der Waals surface area contributed by atoms with Crippen LogP contribution in [0, 0.1) is 61.7 Å². The molecule has 466 valence electrons. The molecule has 0 unspecified atom stereocenters. The van der Waals surface area contributed by atoms with Crippen molar-refractivity contribution in [2.24, 2.45) is 58.2 Å². The van der Waals surface area contributed by atoms with Gasteiger partial charge in [-0.25, -0.2) is 0 Å². The number of ether oxygens (including phenoxy) is 2. The molecular formula is C62H101B2IN4O14.